The number of aromatic nitrogens is 2. The first kappa shape index (κ1) is 15.8. The number of anilines is 2. The van der Waals surface area contributed by atoms with Gasteiger partial charge in [0.2, 0.25) is 0 Å². The van der Waals surface area contributed by atoms with Gasteiger partial charge < -0.3 is 4.81 Å². The third kappa shape index (κ3) is 1.82. The summed E-state index contributed by atoms with van der Waals surface area (Å²) in [5, 5.41) is 0. The molecule has 0 spiro atoms. The molecule has 1 aromatic heterocycles. The topological polar surface area (TPSA) is 12.1 Å². The van der Waals surface area contributed by atoms with Crippen molar-refractivity contribution in [2.75, 3.05) is 4.81 Å². The molecule has 0 bridgehead atoms. The first-order chi connectivity index (χ1) is 13.7. The van der Waals surface area contributed by atoms with Crippen LogP contribution in [0.2, 0.25) is 0 Å². The van der Waals surface area contributed by atoms with Crippen LogP contribution in [-0.4, -0.2) is 11.5 Å². The van der Waals surface area contributed by atoms with Gasteiger partial charge in [-0.05, 0) is 42.7 Å². The first-order valence-electron chi connectivity index (χ1n) is 9.81. The number of benzene rings is 3. The van der Waals surface area contributed by atoms with Gasteiger partial charge in [-0.3, -0.25) is 4.48 Å². The molecule has 0 aliphatic carbocycles. The highest BCUT2D eigenvalue weighted by Crippen LogP contribution is 2.46. The Bertz CT molecular complexity index is 1270. The molecule has 3 nitrogen and oxygen atoms in total. The lowest BCUT2D eigenvalue weighted by Gasteiger charge is -2.39. The van der Waals surface area contributed by atoms with Gasteiger partial charge in [-0.25, -0.2) is 4.57 Å². The molecule has 0 unspecified atom stereocenters. The summed E-state index contributed by atoms with van der Waals surface area (Å²) < 4.78 is 4.69. The van der Waals surface area contributed by atoms with Crippen LogP contribution in [0.5, 0.6) is 0 Å². The average molecular weight is 362 g/mol. The number of fused-ring (bicyclic) bond motifs is 11. The van der Waals surface area contributed by atoms with E-state index in [0.717, 1.165) is 0 Å². The quantitative estimate of drug-likeness (QED) is 0.341. The second kappa shape index (κ2) is 5.38. The molecule has 0 N–H and O–H groups in total. The fourth-order valence-corrected chi connectivity index (χ4v) is 5.10. The fourth-order valence-electron chi connectivity index (χ4n) is 5.10. The molecule has 3 heterocycles. The highest BCUT2D eigenvalue weighted by molar-refractivity contribution is 6.80. The Balaban J connectivity index is 1.80. The molecular weight excluding hydrogens is 341 g/mol. The summed E-state index contributed by atoms with van der Waals surface area (Å²) in [5.41, 5.74) is 10.6. The van der Waals surface area contributed by atoms with E-state index in [4.69, 9.17) is 0 Å². The highest BCUT2D eigenvalue weighted by atomic mass is 15.2. The van der Waals surface area contributed by atoms with Crippen molar-refractivity contribution < 1.29 is 4.57 Å². The van der Waals surface area contributed by atoms with Crippen molar-refractivity contribution in [3.63, 3.8) is 0 Å². The van der Waals surface area contributed by atoms with E-state index in [0.29, 0.717) is 0 Å². The van der Waals surface area contributed by atoms with Gasteiger partial charge in [-0.1, -0.05) is 48.5 Å². The zero-order chi connectivity index (χ0) is 19.0. The van der Waals surface area contributed by atoms with Crippen molar-refractivity contribution in [2.45, 2.75) is 13.8 Å². The van der Waals surface area contributed by atoms with E-state index >= 15 is 0 Å². The summed E-state index contributed by atoms with van der Waals surface area (Å²) in [6.07, 6.45) is 4.40. The Morgan fingerprint density at radius 2 is 1.50 bits per heavy atom. The number of nitrogens with zero attached hydrogens (tertiary/aromatic N) is 3. The molecule has 28 heavy (non-hydrogen) atoms. The summed E-state index contributed by atoms with van der Waals surface area (Å²) in [4.78, 5) is 2.53. The lowest BCUT2D eigenvalue weighted by molar-refractivity contribution is -0.659. The van der Waals surface area contributed by atoms with Crippen LogP contribution < -0.4 is 14.8 Å². The average Bonchev–Trinajstić information content (AvgIpc) is 3.09. The van der Waals surface area contributed by atoms with E-state index in [1.54, 1.807) is 0 Å². The van der Waals surface area contributed by atoms with Crippen LogP contribution in [0.15, 0.2) is 73.1 Å². The largest absolute Gasteiger partial charge is 0.542 e. The van der Waals surface area contributed by atoms with E-state index in [1.165, 1.54) is 50.5 Å². The van der Waals surface area contributed by atoms with Crippen LogP contribution in [-0.2, 0) is 7.05 Å². The van der Waals surface area contributed by atoms with E-state index in [-0.39, 0.29) is 6.98 Å². The second-order valence-electron chi connectivity index (χ2n) is 7.91. The van der Waals surface area contributed by atoms with E-state index in [9.17, 15) is 0 Å². The van der Waals surface area contributed by atoms with Crippen LogP contribution in [0, 0.1) is 13.8 Å². The second-order valence-corrected chi connectivity index (χ2v) is 7.91. The normalized spacial score (nSPS) is 13.4. The standard InChI is InChI=1S/C24H21BN3/c1-16-8-7-13-21-22(16)24-26(3)14-15-27(24)25-23-17(2)9-6-11-19(23)18-10-4-5-12-20(18)28(21)25/h4-15H,1-3H3/q+1. The molecule has 4 aromatic rings. The van der Waals surface area contributed by atoms with Crippen molar-refractivity contribution in [1.29, 1.82) is 0 Å². The molecular formula is C24H21BN3+. The summed E-state index contributed by atoms with van der Waals surface area (Å²) in [7, 11) is 2.15. The van der Waals surface area contributed by atoms with Gasteiger partial charge in [0, 0.05) is 22.4 Å². The minimum absolute atomic E-state index is 0.122. The number of rotatable bonds is 0. The van der Waals surface area contributed by atoms with Gasteiger partial charge in [-0.2, -0.15) is 0 Å². The number of hydrogen-bond acceptors (Lipinski definition) is 1. The van der Waals surface area contributed by atoms with Crippen LogP contribution in [0.1, 0.15) is 11.1 Å². The Kier molecular flexibility index (Phi) is 3.03. The lowest BCUT2D eigenvalue weighted by Crippen LogP contribution is -2.58. The Hall–Kier alpha value is -3.27. The van der Waals surface area contributed by atoms with E-state index in [2.05, 4.69) is 108 Å². The summed E-state index contributed by atoms with van der Waals surface area (Å²) in [6, 6.07) is 22.2. The minimum atomic E-state index is 0.122. The molecule has 134 valence electrons. The maximum Gasteiger partial charge on any atom is 0.542 e. The Morgan fingerprint density at radius 1 is 0.786 bits per heavy atom. The van der Waals surface area contributed by atoms with Gasteiger partial charge in [0.05, 0.1) is 12.6 Å². The monoisotopic (exact) mass is 362 g/mol. The number of aryl methyl sites for hydroxylation is 3. The van der Waals surface area contributed by atoms with Crippen molar-refractivity contribution >= 4 is 23.8 Å². The van der Waals surface area contributed by atoms with Gasteiger partial charge in [0.25, 0.3) is 5.82 Å². The predicted octanol–water partition coefficient (Wildman–Crippen LogP) is 3.97. The molecule has 0 fully saturated rings. The maximum absolute atomic E-state index is 2.53. The Labute approximate surface area is 165 Å². The van der Waals surface area contributed by atoms with Gasteiger partial charge in [0.15, 0.2) is 0 Å². The molecule has 2 aliphatic heterocycles. The summed E-state index contributed by atoms with van der Waals surface area (Å²) in [5.74, 6) is 1.27. The first-order valence-corrected chi connectivity index (χ1v) is 9.81. The number of hydrogen-bond donors (Lipinski definition) is 0. The molecule has 0 saturated heterocycles. The van der Waals surface area contributed by atoms with Gasteiger partial charge in [-0.15, -0.1) is 0 Å². The highest BCUT2D eigenvalue weighted by Gasteiger charge is 2.50. The molecule has 0 saturated carbocycles. The SMILES string of the molecule is Cc1cccc2c1B1N(c3ccccc3-2)c2cccc(C)c2-c2n1cc[n+]2C. The van der Waals surface area contributed by atoms with Crippen molar-refractivity contribution in [3.05, 3.63) is 84.2 Å². The summed E-state index contributed by atoms with van der Waals surface area (Å²) in [6.45, 7) is 4.57. The Morgan fingerprint density at radius 3 is 2.39 bits per heavy atom. The van der Waals surface area contributed by atoms with E-state index < -0.39 is 0 Å². The molecule has 0 radical (unpaired) electrons. The van der Waals surface area contributed by atoms with Crippen LogP contribution >= 0.6 is 0 Å². The lowest BCUT2D eigenvalue weighted by atomic mass is 9.56. The number of para-hydroxylation sites is 1. The van der Waals surface area contributed by atoms with E-state index in [1.807, 2.05) is 0 Å². The van der Waals surface area contributed by atoms with Crippen molar-refractivity contribution in [3.8, 4) is 22.5 Å². The molecule has 4 heteroatoms. The molecule has 3 aromatic carbocycles. The predicted molar refractivity (Wildman–Crippen MR) is 115 cm³/mol. The van der Waals surface area contributed by atoms with Crippen LogP contribution in [0.4, 0.5) is 11.4 Å². The zero-order valence-electron chi connectivity index (χ0n) is 16.3. The smallest absolute Gasteiger partial charge is 0.338 e. The summed E-state index contributed by atoms with van der Waals surface area (Å²) >= 11 is 0. The van der Waals surface area contributed by atoms with Crippen LogP contribution in [0.25, 0.3) is 22.5 Å². The fraction of sp³-hybridized carbons (Fsp3) is 0.125. The van der Waals surface area contributed by atoms with Crippen molar-refractivity contribution in [2.24, 2.45) is 7.05 Å². The molecule has 6 rings (SSSR count). The molecule has 0 atom stereocenters. The van der Waals surface area contributed by atoms with Crippen LogP contribution in [0.3, 0.4) is 0 Å². The zero-order valence-corrected chi connectivity index (χ0v) is 16.3. The van der Waals surface area contributed by atoms with Crippen molar-refractivity contribution in [1.82, 2.24) is 4.48 Å². The van der Waals surface area contributed by atoms with Gasteiger partial charge in [0.1, 0.15) is 12.4 Å². The van der Waals surface area contributed by atoms with Gasteiger partial charge >= 0.3 is 6.98 Å². The molecule has 0 amide bonds. The molecule has 2 aliphatic rings. The minimum Gasteiger partial charge on any atom is -0.338 e. The third-order valence-corrected chi connectivity index (χ3v) is 6.31. The number of imidazole rings is 1. The third-order valence-electron chi connectivity index (χ3n) is 6.31. The maximum atomic E-state index is 2.53.